The molecule has 2 rings (SSSR count). The molecule has 4 heteroatoms. The Morgan fingerprint density at radius 3 is 2.68 bits per heavy atom. The molecule has 1 heterocycles. The van der Waals surface area contributed by atoms with Gasteiger partial charge >= 0.3 is 0 Å². The molecular weight excluding hydrogens is 256 g/mol. The van der Waals surface area contributed by atoms with E-state index in [9.17, 15) is 0 Å². The number of nitrogens with zero attached hydrogens (tertiary/aromatic N) is 1. The van der Waals surface area contributed by atoms with Crippen LogP contribution in [-0.2, 0) is 6.42 Å². The van der Waals surface area contributed by atoms with Crippen molar-refractivity contribution < 1.29 is 4.74 Å². The van der Waals surface area contributed by atoms with Gasteiger partial charge in [-0.2, -0.15) is 0 Å². The summed E-state index contributed by atoms with van der Waals surface area (Å²) < 4.78 is 5.21. The minimum absolute atomic E-state index is 0.317. The van der Waals surface area contributed by atoms with Crippen molar-refractivity contribution >= 4 is 11.3 Å². The Morgan fingerprint density at radius 2 is 2.11 bits per heavy atom. The molecule has 1 aromatic heterocycles. The molecule has 1 unspecified atom stereocenters. The average Bonchev–Trinajstić information content (AvgIpc) is 2.96. The van der Waals surface area contributed by atoms with E-state index in [0.29, 0.717) is 6.04 Å². The van der Waals surface area contributed by atoms with Gasteiger partial charge in [-0.25, -0.2) is 4.98 Å². The summed E-state index contributed by atoms with van der Waals surface area (Å²) in [6.45, 7) is 3.20. The zero-order valence-electron chi connectivity index (χ0n) is 11.4. The minimum Gasteiger partial charge on any atom is -0.497 e. The van der Waals surface area contributed by atoms with E-state index in [-0.39, 0.29) is 0 Å². The molecule has 0 saturated carbocycles. The predicted molar refractivity (Wildman–Crippen MR) is 79.8 cm³/mol. The Kier molecular flexibility index (Phi) is 5.36. The molecule has 1 atom stereocenters. The molecule has 0 bridgehead atoms. The Labute approximate surface area is 118 Å². The molecule has 2 aromatic rings. The summed E-state index contributed by atoms with van der Waals surface area (Å²) in [7, 11) is 1.69. The van der Waals surface area contributed by atoms with Crippen LogP contribution in [-0.4, -0.2) is 18.6 Å². The zero-order chi connectivity index (χ0) is 13.5. The van der Waals surface area contributed by atoms with Gasteiger partial charge in [-0.15, -0.1) is 11.3 Å². The smallest absolute Gasteiger partial charge is 0.118 e. The van der Waals surface area contributed by atoms with Crippen LogP contribution in [0.5, 0.6) is 5.75 Å². The molecule has 0 fully saturated rings. The van der Waals surface area contributed by atoms with Gasteiger partial charge in [-0.3, -0.25) is 0 Å². The Balaban J connectivity index is 2.10. The maximum atomic E-state index is 5.21. The minimum atomic E-state index is 0.317. The van der Waals surface area contributed by atoms with Crippen molar-refractivity contribution in [3.63, 3.8) is 0 Å². The van der Waals surface area contributed by atoms with Crippen LogP contribution in [0.1, 0.15) is 30.0 Å². The van der Waals surface area contributed by atoms with E-state index in [2.05, 4.69) is 29.4 Å². The van der Waals surface area contributed by atoms with E-state index < -0.39 is 0 Å². The van der Waals surface area contributed by atoms with Gasteiger partial charge in [0.1, 0.15) is 5.75 Å². The van der Waals surface area contributed by atoms with Crippen LogP contribution in [0.15, 0.2) is 35.8 Å². The predicted octanol–water partition coefficient (Wildman–Crippen LogP) is 3.44. The highest BCUT2D eigenvalue weighted by atomic mass is 32.1. The second-order valence-corrected chi connectivity index (χ2v) is 5.39. The summed E-state index contributed by atoms with van der Waals surface area (Å²) in [6.07, 6.45) is 3.93. The second-order valence-electron chi connectivity index (χ2n) is 4.41. The molecule has 0 saturated heterocycles. The maximum Gasteiger partial charge on any atom is 0.118 e. The number of nitrogens with one attached hydrogen (secondary N) is 1. The lowest BCUT2D eigenvalue weighted by molar-refractivity contribution is 0.414. The van der Waals surface area contributed by atoms with Crippen LogP contribution in [0.25, 0.3) is 0 Å². The molecule has 1 N–H and O–H groups in total. The molecule has 1 aromatic carbocycles. The summed E-state index contributed by atoms with van der Waals surface area (Å²) in [5, 5.41) is 6.79. The number of hydrogen-bond donors (Lipinski definition) is 1. The van der Waals surface area contributed by atoms with Crippen molar-refractivity contribution in [1.82, 2.24) is 10.3 Å². The summed E-state index contributed by atoms with van der Waals surface area (Å²) in [5.41, 5.74) is 1.28. The summed E-state index contributed by atoms with van der Waals surface area (Å²) in [4.78, 5) is 4.38. The molecule has 0 aliphatic rings. The van der Waals surface area contributed by atoms with E-state index in [4.69, 9.17) is 4.74 Å². The van der Waals surface area contributed by atoms with Crippen molar-refractivity contribution in [2.24, 2.45) is 0 Å². The quantitative estimate of drug-likeness (QED) is 0.841. The number of rotatable bonds is 7. The average molecular weight is 276 g/mol. The van der Waals surface area contributed by atoms with Crippen LogP contribution in [0.2, 0.25) is 0 Å². The molecule has 3 nitrogen and oxygen atoms in total. The topological polar surface area (TPSA) is 34.2 Å². The highest BCUT2D eigenvalue weighted by molar-refractivity contribution is 7.09. The number of benzene rings is 1. The van der Waals surface area contributed by atoms with Crippen LogP contribution in [0.4, 0.5) is 0 Å². The van der Waals surface area contributed by atoms with E-state index in [1.54, 1.807) is 18.4 Å². The lowest BCUT2D eigenvalue weighted by Crippen LogP contribution is -2.24. The van der Waals surface area contributed by atoms with Gasteiger partial charge in [0.05, 0.1) is 12.1 Å². The maximum absolute atomic E-state index is 5.21. The van der Waals surface area contributed by atoms with Crippen LogP contribution in [0.3, 0.4) is 0 Å². The molecule has 0 radical (unpaired) electrons. The first kappa shape index (κ1) is 14.0. The lowest BCUT2D eigenvalue weighted by Gasteiger charge is -2.18. The van der Waals surface area contributed by atoms with E-state index in [1.165, 1.54) is 10.6 Å². The van der Waals surface area contributed by atoms with Crippen molar-refractivity contribution in [3.05, 3.63) is 46.4 Å². The number of hydrogen-bond acceptors (Lipinski definition) is 4. The monoisotopic (exact) mass is 276 g/mol. The molecule has 0 aliphatic heterocycles. The largest absolute Gasteiger partial charge is 0.497 e. The van der Waals surface area contributed by atoms with Crippen molar-refractivity contribution in [2.45, 2.75) is 25.8 Å². The van der Waals surface area contributed by atoms with Crippen LogP contribution >= 0.6 is 11.3 Å². The molecular formula is C15H20N2OS. The molecule has 102 valence electrons. The first-order chi connectivity index (χ1) is 9.33. The van der Waals surface area contributed by atoms with Crippen molar-refractivity contribution in [3.8, 4) is 5.75 Å². The third kappa shape index (κ3) is 4.04. The fourth-order valence-corrected chi connectivity index (χ4v) is 2.65. The number of methoxy groups -OCH3 is 1. The summed E-state index contributed by atoms with van der Waals surface area (Å²) >= 11 is 1.71. The fraction of sp³-hybridized carbons (Fsp3) is 0.400. The first-order valence-electron chi connectivity index (χ1n) is 6.59. The SMILES string of the molecule is CCCNC(Cc1nccs1)c1ccc(OC)cc1. The van der Waals surface area contributed by atoms with Gasteiger partial charge in [0, 0.05) is 24.0 Å². The third-order valence-corrected chi connectivity index (χ3v) is 3.82. The van der Waals surface area contributed by atoms with E-state index >= 15 is 0 Å². The molecule has 0 spiro atoms. The van der Waals surface area contributed by atoms with E-state index in [0.717, 1.165) is 25.1 Å². The summed E-state index contributed by atoms with van der Waals surface area (Å²) in [6, 6.07) is 8.59. The van der Waals surface area contributed by atoms with Crippen LogP contribution < -0.4 is 10.1 Å². The van der Waals surface area contributed by atoms with Gasteiger partial charge in [0.15, 0.2) is 0 Å². The first-order valence-corrected chi connectivity index (χ1v) is 7.47. The normalized spacial score (nSPS) is 12.3. The number of ether oxygens (including phenoxy) is 1. The van der Waals surface area contributed by atoms with Gasteiger partial charge in [-0.1, -0.05) is 19.1 Å². The molecule has 19 heavy (non-hydrogen) atoms. The van der Waals surface area contributed by atoms with Gasteiger partial charge in [0.25, 0.3) is 0 Å². The van der Waals surface area contributed by atoms with Crippen LogP contribution in [0, 0.1) is 0 Å². The Bertz CT molecular complexity index is 467. The van der Waals surface area contributed by atoms with Gasteiger partial charge in [0.2, 0.25) is 0 Å². The third-order valence-electron chi connectivity index (χ3n) is 3.02. The fourth-order valence-electron chi connectivity index (χ4n) is 1.99. The number of aromatic nitrogens is 1. The summed E-state index contributed by atoms with van der Waals surface area (Å²) in [5.74, 6) is 0.896. The molecule has 0 aliphatic carbocycles. The van der Waals surface area contributed by atoms with Gasteiger partial charge < -0.3 is 10.1 Å². The Morgan fingerprint density at radius 1 is 1.32 bits per heavy atom. The zero-order valence-corrected chi connectivity index (χ0v) is 12.2. The lowest BCUT2D eigenvalue weighted by atomic mass is 10.0. The van der Waals surface area contributed by atoms with Gasteiger partial charge in [-0.05, 0) is 30.7 Å². The van der Waals surface area contributed by atoms with E-state index in [1.807, 2.05) is 23.7 Å². The standard InChI is InChI=1S/C15H20N2OS/c1-3-8-16-14(11-15-17-9-10-19-15)12-4-6-13(18-2)7-5-12/h4-7,9-10,14,16H,3,8,11H2,1-2H3. The highest BCUT2D eigenvalue weighted by Gasteiger charge is 2.13. The highest BCUT2D eigenvalue weighted by Crippen LogP contribution is 2.22. The second kappa shape index (κ2) is 7.26. The molecule has 0 amide bonds. The van der Waals surface area contributed by atoms with Crippen molar-refractivity contribution in [2.75, 3.05) is 13.7 Å². The van der Waals surface area contributed by atoms with Crippen molar-refractivity contribution in [1.29, 1.82) is 0 Å². The number of thiazole rings is 1. The Hall–Kier alpha value is -1.39.